The Labute approximate surface area is 104 Å². The molecule has 0 bridgehead atoms. The lowest BCUT2D eigenvalue weighted by Crippen LogP contribution is -2.32. The van der Waals surface area contributed by atoms with Gasteiger partial charge in [-0.05, 0) is 31.4 Å². The molecule has 5 heteroatoms. The molecule has 1 fully saturated rings. The van der Waals surface area contributed by atoms with Crippen molar-refractivity contribution >= 4 is 5.91 Å². The minimum Gasteiger partial charge on any atom is -0.376 e. The molecule has 1 amide bonds. The van der Waals surface area contributed by atoms with Crippen LogP contribution >= 0.6 is 0 Å². The van der Waals surface area contributed by atoms with Gasteiger partial charge in [-0.25, -0.2) is 8.78 Å². The van der Waals surface area contributed by atoms with Gasteiger partial charge in [0, 0.05) is 13.2 Å². The number of carbonyl (C=O) groups is 1. The summed E-state index contributed by atoms with van der Waals surface area (Å²) in [5, 5.41) is 2.56. The van der Waals surface area contributed by atoms with Gasteiger partial charge in [0.05, 0.1) is 11.7 Å². The van der Waals surface area contributed by atoms with E-state index in [4.69, 9.17) is 4.74 Å². The molecule has 0 aliphatic carbocycles. The quantitative estimate of drug-likeness (QED) is 0.899. The highest BCUT2D eigenvalue weighted by molar-refractivity contribution is 5.94. The molecular formula is C13H15F2NO2. The van der Waals surface area contributed by atoms with Gasteiger partial charge in [-0.15, -0.1) is 0 Å². The maximum Gasteiger partial charge on any atom is 0.254 e. The van der Waals surface area contributed by atoms with E-state index in [1.807, 2.05) is 0 Å². The Morgan fingerprint density at radius 2 is 2.22 bits per heavy atom. The minimum absolute atomic E-state index is 0.0210. The largest absolute Gasteiger partial charge is 0.376 e. The van der Waals surface area contributed by atoms with Crippen molar-refractivity contribution in [3.05, 3.63) is 34.9 Å². The van der Waals surface area contributed by atoms with E-state index in [9.17, 15) is 13.6 Å². The molecular weight excluding hydrogens is 240 g/mol. The Morgan fingerprint density at radius 3 is 2.89 bits per heavy atom. The van der Waals surface area contributed by atoms with E-state index in [1.54, 1.807) is 0 Å². The first-order valence-electron chi connectivity index (χ1n) is 5.94. The van der Waals surface area contributed by atoms with Gasteiger partial charge in [0.15, 0.2) is 11.6 Å². The molecule has 1 aliphatic rings. The van der Waals surface area contributed by atoms with Crippen LogP contribution in [-0.4, -0.2) is 25.2 Å². The van der Waals surface area contributed by atoms with E-state index >= 15 is 0 Å². The van der Waals surface area contributed by atoms with Crippen molar-refractivity contribution in [1.82, 2.24) is 5.32 Å². The molecule has 1 N–H and O–H groups in total. The van der Waals surface area contributed by atoms with Gasteiger partial charge in [-0.2, -0.15) is 0 Å². The highest BCUT2D eigenvalue weighted by atomic mass is 19.2. The summed E-state index contributed by atoms with van der Waals surface area (Å²) in [4.78, 5) is 11.7. The van der Waals surface area contributed by atoms with Crippen LogP contribution in [0.1, 0.15) is 28.8 Å². The molecule has 1 saturated heterocycles. The lowest BCUT2D eigenvalue weighted by molar-refractivity contribution is 0.0853. The second-order valence-electron chi connectivity index (χ2n) is 4.40. The lowest BCUT2D eigenvalue weighted by atomic mass is 10.1. The minimum atomic E-state index is -1.10. The van der Waals surface area contributed by atoms with Crippen LogP contribution in [0.4, 0.5) is 8.78 Å². The Hall–Kier alpha value is -1.49. The van der Waals surface area contributed by atoms with Crippen LogP contribution in [0.5, 0.6) is 0 Å². The number of nitrogens with one attached hydrogen (secondary N) is 1. The van der Waals surface area contributed by atoms with E-state index in [2.05, 4.69) is 5.32 Å². The Bertz CT molecular complexity index is 457. The zero-order chi connectivity index (χ0) is 13.1. The van der Waals surface area contributed by atoms with Gasteiger partial charge in [-0.1, -0.05) is 6.07 Å². The molecule has 0 radical (unpaired) electrons. The van der Waals surface area contributed by atoms with E-state index in [1.165, 1.54) is 19.1 Å². The predicted molar refractivity (Wildman–Crippen MR) is 62.4 cm³/mol. The number of hydrogen-bond acceptors (Lipinski definition) is 2. The van der Waals surface area contributed by atoms with Gasteiger partial charge >= 0.3 is 0 Å². The van der Waals surface area contributed by atoms with Gasteiger partial charge in [0.1, 0.15) is 0 Å². The third-order valence-corrected chi connectivity index (χ3v) is 3.03. The average molecular weight is 255 g/mol. The third-order valence-electron chi connectivity index (χ3n) is 3.03. The fraction of sp³-hybridized carbons (Fsp3) is 0.462. The number of amides is 1. The number of hydrogen-bond donors (Lipinski definition) is 1. The van der Waals surface area contributed by atoms with Crippen molar-refractivity contribution in [1.29, 1.82) is 0 Å². The topological polar surface area (TPSA) is 38.3 Å². The van der Waals surface area contributed by atoms with Crippen LogP contribution in [0.3, 0.4) is 0 Å². The van der Waals surface area contributed by atoms with E-state index < -0.39 is 17.5 Å². The molecule has 98 valence electrons. The summed E-state index contributed by atoms with van der Waals surface area (Å²) >= 11 is 0. The number of rotatable bonds is 3. The predicted octanol–water partition coefficient (Wildman–Crippen LogP) is 2.18. The van der Waals surface area contributed by atoms with Crippen molar-refractivity contribution in [2.75, 3.05) is 13.2 Å². The Morgan fingerprint density at radius 1 is 1.44 bits per heavy atom. The summed E-state index contributed by atoms with van der Waals surface area (Å²) in [6, 6.07) is 2.68. The monoisotopic (exact) mass is 255 g/mol. The van der Waals surface area contributed by atoms with Crippen molar-refractivity contribution in [3.63, 3.8) is 0 Å². The lowest BCUT2D eigenvalue weighted by Gasteiger charge is -2.11. The highest BCUT2D eigenvalue weighted by Crippen LogP contribution is 2.16. The summed E-state index contributed by atoms with van der Waals surface area (Å²) in [6.07, 6.45) is 1.83. The van der Waals surface area contributed by atoms with Crippen LogP contribution in [0.15, 0.2) is 12.1 Å². The van der Waals surface area contributed by atoms with Crippen molar-refractivity contribution in [2.45, 2.75) is 25.9 Å². The van der Waals surface area contributed by atoms with Gasteiger partial charge in [-0.3, -0.25) is 4.79 Å². The van der Waals surface area contributed by atoms with Crippen LogP contribution in [-0.2, 0) is 4.74 Å². The SMILES string of the molecule is Cc1ccc(C(=O)NCC2CCCO2)c(F)c1F. The van der Waals surface area contributed by atoms with Crippen LogP contribution < -0.4 is 5.32 Å². The fourth-order valence-corrected chi connectivity index (χ4v) is 1.93. The van der Waals surface area contributed by atoms with E-state index in [0.717, 1.165) is 12.8 Å². The number of carbonyl (C=O) groups excluding carboxylic acids is 1. The molecule has 1 heterocycles. The second kappa shape index (κ2) is 5.44. The van der Waals surface area contributed by atoms with E-state index in [-0.39, 0.29) is 17.2 Å². The third kappa shape index (κ3) is 2.67. The summed E-state index contributed by atoms with van der Waals surface area (Å²) in [7, 11) is 0. The van der Waals surface area contributed by atoms with Crippen molar-refractivity contribution in [3.8, 4) is 0 Å². The maximum atomic E-state index is 13.5. The highest BCUT2D eigenvalue weighted by Gasteiger charge is 2.20. The second-order valence-corrected chi connectivity index (χ2v) is 4.40. The Kier molecular flexibility index (Phi) is 3.91. The van der Waals surface area contributed by atoms with Gasteiger partial charge < -0.3 is 10.1 Å². The normalized spacial score (nSPS) is 18.9. The fourth-order valence-electron chi connectivity index (χ4n) is 1.93. The molecule has 1 unspecified atom stereocenters. The molecule has 3 nitrogen and oxygen atoms in total. The van der Waals surface area contributed by atoms with Crippen molar-refractivity contribution < 1.29 is 18.3 Å². The number of ether oxygens (including phenoxy) is 1. The van der Waals surface area contributed by atoms with Crippen molar-refractivity contribution in [2.24, 2.45) is 0 Å². The van der Waals surface area contributed by atoms with Gasteiger partial charge in [0.2, 0.25) is 0 Å². The maximum absolute atomic E-state index is 13.5. The zero-order valence-electron chi connectivity index (χ0n) is 10.1. The molecule has 0 spiro atoms. The molecule has 1 aromatic carbocycles. The van der Waals surface area contributed by atoms with Gasteiger partial charge in [0.25, 0.3) is 5.91 Å². The number of halogens is 2. The molecule has 2 rings (SSSR count). The zero-order valence-corrected chi connectivity index (χ0v) is 10.1. The average Bonchev–Trinajstić information content (AvgIpc) is 2.86. The molecule has 0 saturated carbocycles. The van der Waals surface area contributed by atoms with E-state index in [0.29, 0.717) is 13.2 Å². The molecule has 1 aromatic rings. The van der Waals surface area contributed by atoms with Crippen LogP contribution in [0.2, 0.25) is 0 Å². The summed E-state index contributed by atoms with van der Waals surface area (Å²) < 4.78 is 32.2. The van der Waals surface area contributed by atoms with Crippen LogP contribution in [0.25, 0.3) is 0 Å². The molecule has 1 atom stereocenters. The summed E-state index contributed by atoms with van der Waals surface area (Å²) in [5.74, 6) is -2.68. The first-order valence-corrected chi connectivity index (χ1v) is 5.94. The smallest absolute Gasteiger partial charge is 0.254 e. The molecule has 0 aromatic heterocycles. The molecule has 18 heavy (non-hydrogen) atoms. The van der Waals surface area contributed by atoms with Crippen LogP contribution in [0, 0.1) is 18.6 Å². The summed E-state index contributed by atoms with van der Waals surface area (Å²) in [6.45, 7) is 2.47. The number of benzene rings is 1. The number of aryl methyl sites for hydroxylation is 1. The molecule has 1 aliphatic heterocycles. The summed E-state index contributed by atoms with van der Waals surface area (Å²) in [5.41, 5.74) is -0.0840. The first-order chi connectivity index (χ1) is 8.59. The Balaban J connectivity index is 2.02. The first kappa shape index (κ1) is 13.0. The standard InChI is InChI=1S/C13H15F2NO2/c1-8-4-5-10(12(15)11(8)14)13(17)16-7-9-3-2-6-18-9/h4-5,9H,2-3,6-7H2,1H3,(H,16,17).